The van der Waals surface area contributed by atoms with E-state index in [1.165, 1.54) is 6.92 Å². The lowest BCUT2D eigenvalue weighted by Gasteiger charge is -2.34. The maximum Gasteiger partial charge on any atom is 0.325 e. The minimum Gasteiger partial charge on any atom is -0.480 e. The molecule has 0 aromatic carbocycles. The molecule has 1 rings (SSSR count). The van der Waals surface area contributed by atoms with Gasteiger partial charge in [0.05, 0.1) is 0 Å². The number of carboxylic acid groups (broad SMARTS) is 1. The van der Waals surface area contributed by atoms with Crippen LogP contribution in [0.2, 0.25) is 0 Å². The first kappa shape index (κ1) is 13.8. The van der Waals surface area contributed by atoms with Crippen LogP contribution >= 0.6 is 0 Å². The van der Waals surface area contributed by atoms with E-state index in [9.17, 15) is 9.59 Å². The number of carboxylic acids is 1. The van der Waals surface area contributed by atoms with Crippen LogP contribution in [0.3, 0.4) is 0 Å². The van der Waals surface area contributed by atoms with Gasteiger partial charge in [-0.25, -0.2) is 4.79 Å². The summed E-state index contributed by atoms with van der Waals surface area (Å²) in [5, 5.41) is 13.9. The molecule has 1 aliphatic carbocycles. The smallest absolute Gasteiger partial charge is 0.325 e. The van der Waals surface area contributed by atoms with Gasteiger partial charge >= 0.3 is 12.0 Å². The van der Waals surface area contributed by atoms with E-state index in [2.05, 4.69) is 24.5 Å². The van der Waals surface area contributed by atoms with E-state index in [-0.39, 0.29) is 12.1 Å². The quantitative estimate of drug-likeness (QED) is 0.705. The number of hydrogen-bond acceptors (Lipinski definition) is 2. The molecule has 1 unspecified atom stereocenters. The van der Waals surface area contributed by atoms with E-state index in [1.54, 1.807) is 0 Å². The first-order chi connectivity index (χ1) is 7.80. The minimum atomic E-state index is -1.02. The standard InChI is InChI=1S/C12H22N2O3/c1-8(10(15)16)13-11(17)14-9-4-6-12(2,3)7-5-9/h8-9H,4-7H2,1-3H3,(H,15,16)(H2,13,14,17). The van der Waals surface area contributed by atoms with E-state index in [4.69, 9.17) is 5.11 Å². The van der Waals surface area contributed by atoms with Crippen LogP contribution in [0, 0.1) is 5.41 Å². The molecule has 0 spiro atoms. The van der Waals surface area contributed by atoms with Gasteiger partial charge in [-0.1, -0.05) is 13.8 Å². The summed E-state index contributed by atoms with van der Waals surface area (Å²) in [6, 6.07) is -1.07. The van der Waals surface area contributed by atoms with Crippen molar-refractivity contribution in [1.82, 2.24) is 10.6 Å². The molecule has 0 aromatic heterocycles. The lowest BCUT2D eigenvalue weighted by Crippen LogP contribution is -2.49. The van der Waals surface area contributed by atoms with Gasteiger partial charge in [-0.05, 0) is 38.0 Å². The fourth-order valence-electron chi connectivity index (χ4n) is 2.03. The van der Waals surface area contributed by atoms with Crippen LogP contribution in [0.15, 0.2) is 0 Å². The Balaban J connectivity index is 2.31. The van der Waals surface area contributed by atoms with Crippen LogP contribution in [0.4, 0.5) is 4.79 Å². The van der Waals surface area contributed by atoms with Crippen molar-refractivity contribution in [2.24, 2.45) is 5.41 Å². The normalized spacial score (nSPS) is 21.6. The monoisotopic (exact) mass is 242 g/mol. The molecule has 3 N–H and O–H groups in total. The van der Waals surface area contributed by atoms with Gasteiger partial charge < -0.3 is 15.7 Å². The van der Waals surface area contributed by atoms with Crippen molar-refractivity contribution in [1.29, 1.82) is 0 Å². The third kappa shape index (κ3) is 4.63. The first-order valence-corrected chi connectivity index (χ1v) is 6.10. The highest BCUT2D eigenvalue weighted by molar-refractivity contribution is 5.82. The Bertz CT molecular complexity index is 292. The van der Waals surface area contributed by atoms with Gasteiger partial charge in [0.15, 0.2) is 0 Å². The maximum atomic E-state index is 11.5. The van der Waals surface area contributed by atoms with Crippen LogP contribution in [-0.2, 0) is 4.79 Å². The predicted octanol–water partition coefficient (Wildman–Crippen LogP) is 1.73. The van der Waals surface area contributed by atoms with Gasteiger partial charge in [0.1, 0.15) is 6.04 Å². The number of carbonyl (C=O) groups is 2. The first-order valence-electron chi connectivity index (χ1n) is 6.10. The Morgan fingerprint density at radius 2 is 1.82 bits per heavy atom. The lowest BCUT2D eigenvalue weighted by molar-refractivity contribution is -0.138. The van der Waals surface area contributed by atoms with E-state index in [0.29, 0.717) is 5.41 Å². The van der Waals surface area contributed by atoms with Crippen LogP contribution in [0.5, 0.6) is 0 Å². The summed E-state index contributed by atoms with van der Waals surface area (Å²) in [6.45, 7) is 5.91. The second-order valence-corrected chi connectivity index (χ2v) is 5.62. The van der Waals surface area contributed by atoms with Crippen LogP contribution in [0.25, 0.3) is 0 Å². The lowest BCUT2D eigenvalue weighted by atomic mass is 9.76. The van der Waals surface area contributed by atoms with Gasteiger partial charge in [-0.15, -0.1) is 0 Å². The Hall–Kier alpha value is -1.26. The number of amides is 2. The fourth-order valence-corrected chi connectivity index (χ4v) is 2.03. The third-order valence-electron chi connectivity index (χ3n) is 3.39. The molecule has 5 heteroatoms. The molecule has 0 aliphatic heterocycles. The molecule has 0 aromatic rings. The van der Waals surface area contributed by atoms with Crippen molar-refractivity contribution in [3.63, 3.8) is 0 Å². The number of urea groups is 1. The second-order valence-electron chi connectivity index (χ2n) is 5.62. The van der Waals surface area contributed by atoms with Crippen molar-refractivity contribution in [2.45, 2.75) is 58.5 Å². The summed E-state index contributed by atoms with van der Waals surface area (Å²) < 4.78 is 0. The molecule has 1 aliphatic rings. The van der Waals surface area contributed by atoms with Gasteiger partial charge in [0, 0.05) is 6.04 Å². The average molecular weight is 242 g/mol. The number of carbonyl (C=O) groups excluding carboxylic acids is 1. The zero-order valence-corrected chi connectivity index (χ0v) is 10.7. The van der Waals surface area contributed by atoms with E-state index in [1.807, 2.05) is 0 Å². The topological polar surface area (TPSA) is 78.4 Å². The summed E-state index contributed by atoms with van der Waals surface area (Å²) in [7, 11) is 0. The van der Waals surface area contributed by atoms with Crippen molar-refractivity contribution in [2.75, 3.05) is 0 Å². The fraction of sp³-hybridized carbons (Fsp3) is 0.833. The van der Waals surface area contributed by atoms with Crippen molar-refractivity contribution >= 4 is 12.0 Å². The van der Waals surface area contributed by atoms with Crippen LogP contribution in [-0.4, -0.2) is 29.2 Å². The molecule has 17 heavy (non-hydrogen) atoms. The molecule has 0 radical (unpaired) electrons. The van der Waals surface area contributed by atoms with Gasteiger partial charge in [0.25, 0.3) is 0 Å². The van der Waals surface area contributed by atoms with E-state index < -0.39 is 12.0 Å². The summed E-state index contributed by atoms with van der Waals surface area (Å²) >= 11 is 0. The Labute approximate surface area is 102 Å². The summed E-state index contributed by atoms with van der Waals surface area (Å²) in [5.74, 6) is -1.02. The molecule has 0 bridgehead atoms. The van der Waals surface area contributed by atoms with Crippen molar-refractivity contribution in [3.8, 4) is 0 Å². The maximum absolute atomic E-state index is 11.5. The van der Waals surface area contributed by atoms with Crippen LogP contribution in [0.1, 0.15) is 46.5 Å². The second kappa shape index (κ2) is 5.38. The number of nitrogens with one attached hydrogen (secondary N) is 2. The Kier molecular flexibility index (Phi) is 4.37. The molecule has 2 amide bonds. The summed E-state index contributed by atoms with van der Waals surface area (Å²) in [5.41, 5.74) is 0.364. The van der Waals surface area contributed by atoms with Crippen molar-refractivity contribution in [3.05, 3.63) is 0 Å². The largest absolute Gasteiger partial charge is 0.480 e. The summed E-state index contributed by atoms with van der Waals surface area (Å²) in [4.78, 5) is 22.1. The van der Waals surface area contributed by atoms with Crippen molar-refractivity contribution < 1.29 is 14.7 Å². The predicted molar refractivity (Wildman–Crippen MR) is 64.8 cm³/mol. The molecule has 1 saturated carbocycles. The molecular weight excluding hydrogens is 220 g/mol. The third-order valence-corrected chi connectivity index (χ3v) is 3.39. The zero-order chi connectivity index (χ0) is 13.1. The number of rotatable bonds is 3. The Morgan fingerprint density at radius 3 is 2.29 bits per heavy atom. The van der Waals surface area contributed by atoms with E-state index >= 15 is 0 Å². The molecule has 0 saturated heterocycles. The van der Waals surface area contributed by atoms with Gasteiger partial charge in [0.2, 0.25) is 0 Å². The van der Waals surface area contributed by atoms with Gasteiger partial charge in [-0.2, -0.15) is 0 Å². The molecule has 1 fully saturated rings. The average Bonchev–Trinajstić information content (AvgIpc) is 2.21. The highest BCUT2D eigenvalue weighted by Crippen LogP contribution is 2.34. The SMILES string of the molecule is CC(NC(=O)NC1CCC(C)(C)CC1)C(=O)O. The molecule has 98 valence electrons. The molecule has 0 heterocycles. The number of aliphatic carboxylic acids is 1. The Morgan fingerprint density at radius 1 is 1.29 bits per heavy atom. The summed E-state index contributed by atoms with van der Waals surface area (Å²) in [6.07, 6.45) is 4.10. The molecule has 5 nitrogen and oxygen atoms in total. The minimum absolute atomic E-state index is 0.170. The van der Waals surface area contributed by atoms with Gasteiger partial charge in [-0.3, -0.25) is 4.79 Å². The highest BCUT2D eigenvalue weighted by atomic mass is 16.4. The molecule has 1 atom stereocenters. The zero-order valence-electron chi connectivity index (χ0n) is 10.7. The van der Waals surface area contributed by atoms with E-state index in [0.717, 1.165) is 25.7 Å². The highest BCUT2D eigenvalue weighted by Gasteiger charge is 2.27. The number of hydrogen-bond donors (Lipinski definition) is 3. The van der Waals surface area contributed by atoms with Crippen LogP contribution < -0.4 is 10.6 Å². The molecular formula is C12H22N2O3.